The number of hydrogen-bond acceptors (Lipinski definition) is 11. The first-order valence-electron chi connectivity index (χ1n) is 16.6. The van der Waals surface area contributed by atoms with Crippen LogP contribution in [0.2, 0.25) is 0 Å². The highest BCUT2D eigenvalue weighted by atomic mass is 16.7. The first-order valence-corrected chi connectivity index (χ1v) is 16.6. The van der Waals surface area contributed by atoms with Gasteiger partial charge in [-0.15, -0.1) is 0 Å². The van der Waals surface area contributed by atoms with E-state index in [1.165, 1.54) is 0 Å². The first-order chi connectivity index (χ1) is 21.1. The lowest BCUT2D eigenvalue weighted by molar-refractivity contribution is -0.312. The smallest absolute Gasteiger partial charge is 0.334 e. The van der Waals surface area contributed by atoms with Gasteiger partial charge in [-0.2, -0.15) is 0 Å². The van der Waals surface area contributed by atoms with E-state index in [1.54, 1.807) is 6.92 Å². The topological polar surface area (TPSA) is 172 Å². The summed E-state index contributed by atoms with van der Waals surface area (Å²) in [5.41, 5.74) is -1.81. The van der Waals surface area contributed by atoms with Crippen LogP contribution < -0.4 is 0 Å². The predicted octanol–water partition coefficient (Wildman–Crippen LogP) is 1.61. The second-order valence-electron chi connectivity index (χ2n) is 15.5. The number of Topliss-reactive ketones (excluding diaryl/α,β-unsaturated/α-hetero) is 1. The van der Waals surface area contributed by atoms with Crippen LogP contribution in [0.1, 0.15) is 86.0 Å². The highest BCUT2D eigenvalue weighted by Gasteiger charge is 2.84. The van der Waals surface area contributed by atoms with Gasteiger partial charge in [-0.25, -0.2) is 4.79 Å². The predicted molar refractivity (Wildman–Crippen MR) is 157 cm³/mol. The lowest BCUT2D eigenvalue weighted by Gasteiger charge is -2.60. The Morgan fingerprint density at radius 3 is 2.38 bits per heavy atom. The van der Waals surface area contributed by atoms with Crippen molar-refractivity contribution in [2.24, 2.45) is 22.7 Å². The lowest BCUT2D eigenvalue weighted by Crippen LogP contribution is -2.63. The van der Waals surface area contributed by atoms with Gasteiger partial charge >= 0.3 is 5.97 Å². The number of allylic oxidation sites excluding steroid dienone is 1. The molecule has 2 saturated heterocycles. The van der Waals surface area contributed by atoms with Crippen LogP contribution in [0.15, 0.2) is 22.8 Å². The van der Waals surface area contributed by atoms with Gasteiger partial charge in [-0.3, -0.25) is 4.79 Å². The number of esters is 1. The summed E-state index contributed by atoms with van der Waals surface area (Å²) in [6, 6.07) is 0. The quantitative estimate of drug-likeness (QED) is 0.225. The van der Waals surface area contributed by atoms with E-state index in [1.807, 2.05) is 20.8 Å². The molecular formula is C34H48O11. The minimum atomic E-state index is -1.56. The van der Waals surface area contributed by atoms with Crippen LogP contribution in [-0.2, 0) is 28.5 Å². The summed E-state index contributed by atoms with van der Waals surface area (Å²) in [4.78, 5) is 27.0. The molecule has 45 heavy (non-hydrogen) atoms. The molecule has 4 aliphatic carbocycles. The SMILES string of the molecule is CC1=C(C)C(=O)OC(C2(C)OC34CCC2(O)C3(C)CCC2C4CC=C3CC(OC4OC(CO)C(O)C(O)C4O)CC(=O)C32C)C1. The summed E-state index contributed by atoms with van der Waals surface area (Å²) in [6.45, 7) is 9.22. The van der Waals surface area contributed by atoms with Crippen molar-refractivity contribution in [1.82, 2.24) is 0 Å². The standard InChI is InChI=1S/C34H48O11/c1-16-12-24(44-28(40)17(16)2)32(5)34(41)11-10-33(45-32)21-7-6-18-13-19(42-29-27(39)26(38)25(37)22(15-35)43-29)14-23(36)31(18,4)20(21)8-9-30(33,34)3/h6,19-22,24-27,29,35,37-39,41H,7-15H2,1-5H3. The molecule has 3 aliphatic heterocycles. The molecule has 11 nitrogen and oxygen atoms in total. The average Bonchev–Trinajstić information content (AvgIpc) is 3.32. The Hall–Kier alpha value is -1.70. The molecule has 14 atom stereocenters. The summed E-state index contributed by atoms with van der Waals surface area (Å²) < 4.78 is 24.8. The summed E-state index contributed by atoms with van der Waals surface area (Å²) in [6.07, 6.45) is -1.73. The van der Waals surface area contributed by atoms with Crippen LogP contribution in [0.3, 0.4) is 0 Å². The fourth-order valence-electron chi connectivity index (χ4n) is 10.9. The molecule has 0 radical (unpaired) electrons. The van der Waals surface area contributed by atoms with Crippen LogP contribution in [-0.4, -0.2) is 104 Å². The summed E-state index contributed by atoms with van der Waals surface area (Å²) in [5.74, 6) is -0.385. The van der Waals surface area contributed by atoms with Crippen molar-refractivity contribution in [1.29, 1.82) is 0 Å². The van der Waals surface area contributed by atoms with Crippen molar-refractivity contribution in [3.8, 4) is 0 Å². The molecule has 14 unspecified atom stereocenters. The Labute approximate surface area is 263 Å². The van der Waals surface area contributed by atoms with Gasteiger partial charge in [0.05, 0.1) is 23.7 Å². The Morgan fingerprint density at radius 1 is 0.956 bits per heavy atom. The monoisotopic (exact) mass is 632 g/mol. The molecule has 3 heterocycles. The van der Waals surface area contributed by atoms with Crippen molar-refractivity contribution < 1.29 is 54.1 Å². The highest BCUT2D eigenvalue weighted by molar-refractivity contribution is 5.90. The number of fused-ring (bicyclic) bond motifs is 3. The summed E-state index contributed by atoms with van der Waals surface area (Å²) >= 11 is 0. The molecule has 250 valence electrons. The second kappa shape index (κ2) is 10.2. The van der Waals surface area contributed by atoms with E-state index in [-0.39, 0.29) is 30.0 Å². The molecule has 0 aromatic heterocycles. The van der Waals surface area contributed by atoms with Crippen LogP contribution >= 0.6 is 0 Å². The largest absolute Gasteiger partial charge is 0.455 e. The molecule has 5 N–H and O–H groups in total. The van der Waals surface area contributed by atoms with Crippen LogP contribution in [0.4, 0.5) is 0 Å². The van der Waals surface area contributed by atoms with E-state index in [2.05, 4.69) is 13.0 Å². The zero-order chi connectivity index (χ0) is 32.5. The van der Waals surface area contributed by atoms with Crippen LogP contribution in [0, 0.1) is 22.7 Å². The Kier molecular flexibility index (Phi) is 7.19. The molecule has 7 rings (SSSR count). The van der Waals surface area contributed by atoms with Crippen LogP contribution in [0.5, 0.6) is 0 Å². The number of cyclic esters (lactones) is 1. The van der Waals surface area contributed by atoms with E-state index in [4.69, 9.17) is 18.9 Å². The van der Waals surface area contributed by atoms with E-state index in [9.17, 15) is 35.1 Å². The number of ketones is 1. The van der Waals surface area contributed by atoms with E-state index >= 15 is 0 Å². The third-order valence-electron chi connectivity index (χ3n) is 13.9. The van der Waals surface area contributed by atoms with Gasteiger partial charge in [0.2, 0.25) is 0 Å². The fraction of sp³-hybridized carbons (Fsp3) is 0.824. The maximum Gasteiger partial charge on any atom is 0.334 e. The first kappa shape index (κ1) is 31.9. The van der Waals surface area contributed by atoms with Gasteiger partial charge in [0.25, 0.3) is 0 Å². The third-order valence-corrected chi connectivity index (χ3v) is 13.9. The minimum Gasteiger partial charge on any atom is -0.455 e. The maximum atomic E-state index is 14.2. The number of carbonyl (C=O) groups excluding carboxylic acids is 2. The molecule has 2 bridgehead atoms. The molecule has 11 heteroatoms. The number of aliphatic hydroxyl groups is 5. The lowest BCUT2D eigenvalue weighted by atomic mass is 9.45. The molecule has 5 fully saturated rings. The number of ether oxygens (including phenoxy) is 4. The van der Waals surface area contributed by atoms with Gasteiger partial charge in [0.15, 0.2) is 6.29 Å². The normalized spacial score (nSPS) is 54.3. The number of hydrogen-bond donors (Lipinski definition) is 5. The van der Waals surface area contributed by atoms with Crippen molar-refractivity contribution in [3.05, 3.63) is 22.8 Å². The zero-order valence-corrected chi connectivity index (χ0v) is 26.8. The molecular weight excluding hydrogens is 584 g/mol. The van der Waals surface area contributed by atoms with Gasteiger partial charge in [-0.1, -0.05) is 24.1 Å². The number of rotatable bonds is 4. The molecule has 0 spiro atoms. The Balaban J connectivity index is 1.17. The van der Waals surface area contributed by atoms with E-state index in [0.717, 1.165) is 17.6 Å². The second-order valence-corrected chi connectivity index (χ2v) is 15.5. The van der Waals surface area contributed by atoms with Crippen molar-refractivity contribution >= 4 is 11.8 Å². The molecule has 7 aliphatic rings. The molecule has 0 aromatic carbocycles. The van der Waals surface area contributed by atoms with Gasteiger partial charge in [-0.05, 0) is 78.1 Å². The summed E-state index contributed by atoms with van der Waals surface area (Å²) in [7, 11) is 0. The Morgan fingerprint density at radius 2 is 1.69 bits per heavy atom. The van der Waals surface area contributed by atoms with Crippen molar-refractivity contribution in [3.63, 3.8) is 0 Å². The third kappa shape index (κ3) is 3.87. The maximum absolute atomic E-state index is 14.2. The average molecular weight is 633 g/mol. The zero-order valence-electron chi connectivity index (χ0n) is 26.8. The van der Waals surface area contributed by atoms with E-state index < -0.39 is 77.2 Å². The fourth-order valence-corrected chi connectivity index (χ4v) is 10.9. The van der Waals surface area contributed by atoms with Crippen molar-refractivity contribution in [2.75, 3.05) is 6.61 Å². The molecule has 0 aromatic rings. The molecule has 3 saturated carbocycles. The summed E-state index contributed by atoms with van der Waals surface area (Å²) in [5, 5.41) is 53.1. The number of aliphatic hydroxyl groups excluding tert-OH is 4. The highest BCUT2D eigenvalue weighted by Crippen LogP contribution is 2.77. The van der Waals surface area contributed by atoms with Crippen molar-refractivity contribution in [2.45, 2.75) is 146 Å². The molecule has 0 amide bonds. The van der Waals surface area contributed by atoms with Gasteiger partial charge < -0.3 is 44.5 Å². The minimum absolute atomic E-state index is 0.0197. The van der Waals surface area contributed by atoms with E-state index in [0.29, 0.717) is 44.1 Å². The number of carbonyl (C=O) groups is 2. The van der Waals surface area contributed by atoms with Gasteiger partial charge in [0.1, 0.15) is 47.5 Å². The Bertz CT molecular complexity index is 1360. The van der Waals surface area contributed by atoms with Crippen LogP contribution in [0.25, 0.3) is 0 Å². The van der Waals surface area contributed by atoms with Gasteiger partial charge in [0, 0.05) is 23.8 Å².